The molecular formula is C98H64BrN5O6. The van der Waals surface area contributed by atoms with Gasteiger partial charge in [0.15, 0.2) is 0 Å². The number of hydrogen-bond donors (Lipinski definition) is 1. The Bertz CT molecular complexity index is 6800. The Balaban J connectivity index is 0.000000125. The molecule has 1 N–H and O–H groups in total. The second-order valence-electron chi connectivity index (χ2n) is 26.2. The van der Waals surface area contributed by atoms with Crippen LogP contribution in [0.25, 0.3) is 137 Å². The standard InChI is InChI=1S/C38H24N2O2.C38H24N2.C18H12BrN.C4H2O4.H2/c41-37(25-19-21-35-31(23-25)29-15-7-9-17-33(29)39(35)27-11-3-1-4-12-27)38(42)26-20-22-36-32(24-26)30-16-8-10-18-34(30)40(36)28-13-5-2-6-14-28;1-3-11-29(12-4-1)39-35-17-9-7-15-31(35)33-25-27(21-23-37(33)39)19-20-28-22-24-38-34(26-28)32-16-8-10-18-36(32)40(38)30-13-5-2-6-14-30;19-13-10-11-18-16(12-13)15-8-4-5-9-17(15)20(18)14-6-2-1-3-7-14;5-3-8-2-1-4(6)7;/h1-24H;1-18,21-26H;1-12H;3H,(H,6,7);1H/i;;;;1+1. The summed E-state index contributed by atoms with van der Waals surface area (Å²) in [5.41, 5.74) is 19.7. The van der Waals surface area contributed by atoms with E-state index in [0.29, 0.717) is 11.1 Å². The fourth-order valence-electron chi connectivity index (χ4n) is 15.1. The molecule has 0 saturated heterocycles. The number of ketones is 2. The van der Waals surface area contributed by atoms with Gasteiger partial charge in [-0.2, -0.15) is 0 Å². The number of aromatic nitrogens is 5. The molecule has 20 rings (SSSR count). The normalized spacial score (nSPS) is 11.0. The summed E-state index contributed by atoms with van der Waals surface area (Å²) in [5.74, 6) is 6.11. The zero-order valence-electron chi connectivity index (χ0n) is 58.8. The van der Waals surface area contributed by atoms with Gasteiger partial charge in [-0.3, -0.25) is 14.4 Å². The quantitative estimate of drug-likeness (QED) is 0.0665. The van der Waals surface area contributed by atoms with Crippen LogP contribution in [0.15, 0.2) is 368 Å². The van der Waals surface area contributed by atoms with E-state index in [2.05, 4.69) is 316 Å². The topological polar surface area (TPSA) is 122 Å². The molecule has 12 heteroatoms. The number of carbonyl (C=O) groups excluding carboxylic acids is 3. The molecule has 0 unspecified atom stereocenters. The highest BCUT2D eigenvalue weighted by Crippen LogP contribution is 2.39. The van der Waals surface area contributed by atoms with Crippen molar-refractivity contribution in [2.45, 2.75) is 0 Å². The molecule has 524 valence electrons. The van der Waals surface area contributed by atoms with Crippen LogP contribution in [0.1, 0.15) is 33.3 Å². The Morgan fingerprint density at radius 2 is 0.536 bits per heavy atom. The monoisotopic (exact) mass is 1490 g/mol. The molecule has 0 saturated carbocycles. The lowest BCUT2D eigenvalue weighted by Gasteiger charge is -2.08. The number of carboxylic acid groups (broad SMARTS) is 1. The second-order valence-corrected chi connectivity index (χ2v) is 27.1. The highest BCUT2D eigenvalue weighted by Gasteiger charge is 2.24. The minimum Gasteiger partial charge on any atom is -0.472 e. The third kappa shape index (κ3) is 13.0. The summed E-state index contributed by atoms with van der Waals surface area (Å²) in [4.78, 5) is 46.1. The molecule has 0 aliphatic heterocycles. The summed E-state index contributed by atoms with van der Waals surface area (Å²) in [7, 11) is 0. The van der Waals surface area contributed by atoms with Crippen LogP contribution in [-0.4, -0.2) is 52.0 Å². The maximum Gasteiger partial charge on any atom is 0.385 e. The fraction of sp³-hybridized carbons (Fsp3) is 0. The zero-order valence-corrected chi connectivity index (χ0v) is 60.4. The minimum atomic E-state index is -1.33. The van der Waals surface area contributed by atoms with Crippen molar-refractivity contribution < 1.29 is 30.4 Å². The number of nitrogens with zero attached hydrogens (tertiary/aromatic N) is 5. The van der Waals surface area contributed by atoms with Gasteiger partial charge >= 0.3 is 12.4 Å². The maximum absolute atomic E-state index is 13.7. The zero-order chi connectivity index (χ0) is 74.6. The number of ether oxygens (including phenoxy) is 1. The van der Waals surface area contributed by atoms with Crippen LogP contribution in [0.4, 0.5) is 0 Å². The van der Waals surface area contributed by atoms with Gasteiger partial charge in [-0.25, -0.2) is 4.79 Å². The molecule has 0 bridgehead atoms. The highest BCUT2D eigenvalue weighted by molar-refractivity contribution is 9.10. The largest absolute Gasteiger partial charge is 0.472 e. The van der Waals surface area contributed by atoms with Crippen molar-refractivity contribution in [3.05, 3.63) is 391 Å². The number of hydrogen-bond acceptors (Lipinski definition) is 5. The molecule has 0 radical (unpaired) electrons. The predicted molar refractivity (Wildman–Crippen MR) is 451 cm³/mol. The number of Topliss-reactive ketones (excluding diaryl/α,β-unsaturated/α-hetero) is 2. The second kappa shape index (κ2) is 30.0. The van der Waals surface area contributed by atoms with E-state index >= 15 is 0 Å². The molecule has 110 heavy (non-hydrogen) atoms. The maximum atomic E-state index is 13.7. The van der Waals surface area contributed by atoms with Gasteiger partial charge in [0.2, 0.25) is 11.6 Å². The summed E-state index contributed by atoms with van der Waals surface area (Å²) < 4.78 is 16.2. The Labute approximate surface area is 641 Å². The Kier molecular flexibility index (Phi) is 18.6. The molecule has 11 nitrogen and oxygen atoms in total. The molecule has 0 fully saturated rings. The molecule has 5 heterocycles. The number of carboxylic acids is 1. The molecular weight excluding hydrogens is 1420 g/mol. The smallest absolute Gasteiger partial charge is 0.385 e. The summed E-state index contributed by atoms with van der Waals surface area (Å²) in [6.07, 6.45) is 1.62. The van der Waals surface area contributed by atoms with Gasteiger partial charge in [0, 0.05) is 110 Å². The van der Waals surface area contributed by atoms with Crippen molar-refractivity contribution in [2.75, 3.05) is 0 Å². The lowest BCUT2D eigenvalue weighted by Crippen LogP contribution is -2.14. The van der Waals surface area contributed by atoms with Crippen molar-refractivity contribution in [1.82, 2.24) is 22.8 Å². The predicted octanol–water partition coefficient (Wildman–Crippen LogP) is 23.2. The van der Waals surface area contributed by atoms with Crippen LogP contribution in [0.3, 0.4) is 0 Å². The van der Waals surface area contributed by atoms with E-state index in [4.69, 9.17) is 5.11 Å². The minimum absolute atomic E-state index is 0. The van der Waals surface area contributed by atoms with Gasteiger partial charge in [0.25, 0.3) is 0 Å². The first kappa shape index (κ1) is 68.3. The summed E-state index contributed by atoms with van der Waals surface area (Å²) in [6, 6.07) is 125. The van der Waals surface area contributed by atoms with Crippen LogP contribution in [0.5, 0.6) is 0 Å². The lowest BCUT2D eigenvalue weighted by molar-refractivity contribution is -0.130. The highest BCUT2D eigenvalue weighted by atomic mass is 79.9. The molecule has 0 amide bonds. The van der Waals surface area contributed by atoms with Gasteiger partial charge in [0.1, 0.15) is 6.11 Å². The average molecular weight is 1490 g/mol. The number of benzene rings is 15. The first-order chi connectivity index (χ1) is 54.1. The number of fused-ring (bicyclic) bond motifs is 15. The van der Waals surface area contributed by atoms with Gasteiger partial charge in [-0.15, -0.1) is 0 Å². The number of halogens is 1. The average Bonchev–Trinajstić information content (AvgIpc) is 1.99. The third-order valence-corrected chi connectivity index (χ3v) is 20.2. The van der Waals surface area contributed by atoms with Crippen molar-refractivity contribution in [2.24, 2.45) is 0 Å². The van der Waals surface area contributed by atoms with Gasteiger partial charge in [-0.1, -0.05) is 210 Å². The number of aliphatic carboxylic acids is 1. The number of rotatable bonds is 9. The van der Waals surface area contributed by atoms with Crippen molar-refractivity contribution in [3.8, 4) is 52.3 Å². The summed E-state index contributed by atoms with van der Waals surface area (Å²) >= 11 is 3.57. The van der Waals surface area contributed by atoms with Crippen LogP contribution < -0.4 is 0 Å². The van der Waals surface area contributed by atoms with E-state index in [1.54, 1.807) is 24.2 Å². The van der Waals surface area contributed by atoms with E-state index in [9.17, 15) is 19.2 Å². The number of para-hydroxylation sites is 10. The molecule has 15 aromatic carbocycles. The van der Waals surface area contributed by atoms with Gasteiger partial charge < -0.3 is 32.7 Å². The first-order valence-corrected chi connectivity index (χ1v) is 36.5. The molecule has 0 aliphatic carbocycles. The van der Waals surface area contributed by atoms with Gasteiger partial charge in [-0.05, 0) is 182 Å². The van der Waals surface area contributed by atoms with E-state index in [-0.39, 0.29) is 7.90 Å². The Morgan fingerprint density at radius 1 is 0.291 bits per heavy atom. The van der Waals surface area contributed by atoms with E-state index in [1.165, 1.54) is 71.1 Å². The first-order valence-electron chi connectivity index (χ1n) is 35.7. The SMILES string of the molecule is Brc1ccc2c(c1)c1ccccc1n2-c1ccccc1.C(#Cc1ccc2c(c1)c1ccccc1n2-c1ccccc1)c1ccc2c(c1)c1ccccc1n2-c1ccccc1.O=C(C(=O)c1ccc2c(c1)c1ccccc1n2-c1ccccc1)c1ccc2c(c1)c1ccccc1n2-c1ccccc1.O=COC#CC(=O)O.[2HH]. The van der Waals surface area contributed by atoms with Crippen LogP contribution in [-0.2, 0) is 14.3 Å². The lowest BCUT2D eigenvalue weighted by atomic mass is 9.98. The molecule has 5 aromatic heterocycles. The van der Waals surface area contributed by atoms with E-state index in [1.807, 2.05) is 91.0 Å². The summed E-state index contributed by atoms with van der Waals surface area (Å²) in [6.45, 7) is 0.0515. The van der Waals surface area contributed by atoms with Crippen LogP contribution in [0, 0.1) is 23.9 Å². The molecule has 0 atom stereocenters. The third-order valence-electron chi connectivity index (χ3n) is 19.7. The Morgan fingerprint density at radius 3 is 0.827 bits per heavy atom. The van der Waals surface area contributed by atoms with E-state index < -0.39 is 17.5 Å². The van der Waals surface area contributed by atoms with Crippen molar-refractivity contribution in [3.63, 3.8) is 0 Å². The number of carbonyl (C=O) groups is 4. The van der Waals surface area contributed by atoms with Crippen molar-refractivity contribution >= 4 is 149 Å². The summed E-state index contributed by atoms with van der Waals surface area (Å²) in [5, 5.41) is 19.2. The fourth-order valence-corrected chi connectivity index (χ4v) is 15.4. The van der Waals surface area contributed by atoms with E-state index in [0.717, 1.165) is 82.0 Å². The van der Waals surface area contributed by atoms with Crippen LogP contribution in [0.2, 0.25) is 0 Å². The molecule has 20 aromatic rings. The Hall–Kier alpha value is -14.8. The van der Waals surface area contributed by atoms with Crippen molar-refractivity contribution in [1.29, 1.82) is 0 Å². The van der Waals surface area contributed by atoms with Gasteiger partial charge in [0.05, 0.1) is 61.1 Å². The molecule has 0 spiro atoms. The van der Waals surface area contributed by atoms with Crippen LogP contribution >= 0.6 is 15.9 Å². The molecule has 0 aliphatic rings.